The smallest absolute Gasteiger partial charge is 0.304 e. The Balaban J connectivity index is 1.96. The van der Waals surface area contributed by atoms with Crippen LogP contribution in [0.1, 0.15) is 11.7 Å². The summed E-state index contributed by atoms with van der Waals surface area (Å²) >= 11 is 11.8. The van der Waals surface area contributed by atoms with Gasteiger partial charge in [-0.15, -0.1) is 0 Å². The number of aromatic nitrogens is 2. The maximum absolute atomic E-state index is 12.6. The van der Waals surface area contributed by atoms with E-state index in [0.29, 0.717) is 16.1 Å². The van der Waals surface area contributed by atoms with Crippen LogP contribution in [0, 0.1) is 10.1 Å². The summed E-state index contributed by atoms with van der Waals surface area (Å²) in [5.41, 5.74) is 0.552. The fraction of sp³-hybridized carbons (Fsp3) is 0.0588. The third kappa shape index (κ3) is 4.00. The summed E-state index contributed by atoms with van der Waals surface area (Å²) in [4.78, 5) is 31.9. The van der Waals surface area contributed by atoms with Gasteiger partial charge >= 0.3 is 6.04 Å². The number of carbonyl (C=O) groups excluding carboxylic acids is 1. The third-order valence-corrected chi connectivity index (χ3v) is 4.32. The Morgan fingerprint density at radius 2 is 1.93 bits per heavy atom. The number of nitrogens with one attached hydrogen (secondary N) is 1. The van der Waals surface area contributed by atoms with Crippen molar-refractivity contribution in [3.05, 3.63) is 74.5 Å². The second-order valence-electron chi connectivity index (χ2n) is 5.56. The van der Waals surface area contributed by atoms with Gasteiger partial charge in [0, 0.05) is 9.95 Å². The van der Waals surface area contributed by atoms with Gasteiger partial charge in [0.05, 0.1) is 27.9 Å². The van der Waals surface area contributed by atoms with Crippen LogP contribution in [0.25, 0.3) is 11.0 Å². The molecule has 0 saturated heterocycles. The van der Waals surface area contributed by atoms with Gasteiger partial charge in [0.15, 0.2) is 0 Å². The number of nitrogens with zero attached hydrogens (tertiary/aromatic N) is 4. The Morgan fingerprint density at radius 3 is 2.57 bits per heavy atom. The lowest BCUT2D eigenvalue weighted by molar-refractivity contribution is -0.509. The number of rotatable bonds is 5. The average Bonchev–Trinajstić information content (AvgIpc) is 2.67. The molecular weight excluding hydrogens is 407 g/mol. The van der Waals surface area contributed by atoms with E-state index < -0.39 is 22.6 Å². The topological polar surface area (TPSA) is 136 Å². The molecule has 0 aliphatic heterocycles. The quantitative estimate of drug-likeness (QED) is 0.282. The number of carbonyl (C=O) groups is 1. The number of benzene rings is 2. The summed E-state index contributed by atoms with van der Waals surface area (Å²) in [7, 11) is 0. The largest absolute Gasteiger partial charge is 0.323 e. The molecule has 3 N–H and O–H groups in total. The zero-order valence-corrected chi connectivity index (χ0v) is 15.6. The molecule has 0 bridgehead atoms. The predicted molar refractivity (Wildman–Crippen MR) is 106 cm³/mol. The number of nitrogens with two attached hydrogens (primary N) is 1. The Morgan fingerprint density at radius 1 is 1.21 bits per heavy atom. The standard InChI is InChI=1S/C17H12Cl2N6O3/c18-9-5-6-11(10(19)7-9)23-17(26)15(24-20)16(25(27)28)14-8-21-12-3-1-2-4-13(12)22-14/h1-8,16H,20H2,(H,23,26)/b24-15-/t16-/m0/s1. The van der Waals surface area contributed by atoms with Gasteiger partial charge in [-0.1, -0.05) is 35.3 Å². The monoisotopic (exact) mass is 418 g/mol. The van der Waals surface area contributed by atoms with Crippen LogP contribution in [0.4, 0.5) is 5.69 Å². The molecule has 0 fully saturated rings. The highest BCUT2D eigenvalue weighted by atomic mass is 35.5. The van der Waals surface area contributed by atoms with E-state index in [1.807, 2.05) is 0 Å². The minimum atomic E-state index is -1.71. The van der Waals surface area contributed by atoms with Crippen LogP contribution in [-0.2, 0) is 4.79 Å². The molecule has 1 atom stereocenters. The fourth-order valence-corrected chi connectivity index (χ4v) is 2.94. The number of halogens is 2. The first-order chi connectivity index (χ1) is 13.4. The van der Waals surface area contributed by atoms with Crippen molar-refractivity contribution in [2.24, 2.45) is 10.9 Å². The van der Waals surface area contributed by atoms with Gasteiger partial charge in [-0.05, 0) is 30.3 Å². The Labute approximate surface area is 168 Å². The number of hydrogen-bond acceptors (Lipinski definition) is 7. The number of nitro groups is 1. The summed E-state index contributed by atoms with van der Waals surface area (Å²) < 4.78 is 0. The number of fused-ring (bicyclic) bond motifs is 1. The maximum atomic E-state index is 12.6. The van der Waals surface area contributed by atoms with Gasteiger partial charge < -0.3 is 11.2 Å². The molecule has 1 aromatic heterocycles. The second-order valence-corrected chi connectivity index (χ2v) is 6.41. The highest BCUT2D eigenvalue weighted by Crippen LogP contribution is 2.26. The summed E-state index contributed by atoms with van der Waals surface area (Å²) in [5, 5.41) is 18.0. The van der Waals surface area contributed by atoms with Crippen molar-refractivity contribution >= 4 is 51.5 Å². The van der Waals surface area contributed by atoms with E-state index in [4.69, 9.17) is 29.0 Å². The summed E-state index contributed by atoms with van der Waals surface area (Å²) in [6, 6.07) is 9.49. The highest BCUT2D eigenvalue weighted by Gasteiger charge is 2.37. The summed E-state index contributed by atoms with van der Waals surface area (Å²) in [6.45, 7) is 0. The molecule has 0 saturated carbocycles. The zero-order valence-electron chi connectivity index (χ0n) is 14.0. The van der Waals surface area contributed by atoms with Crippen LogP contribution in [-0.4, -0.2) is 26.5 Å². The molecule has 1 amide bonds. The molecule has 3 aromatic rings. The van der Waals surface area contributed by atoms with E-state index in [1.165, 1.54) is 24.4 Å². The van der Waals surface area contributed by atoms with Gasteiger partial charge in [-0.25, -0.2) is 4.98 Å². The van der Waals surface area contributed by atoms with Crippen LogP contribution in [0.3, 0.4) is 0 Å². The Hall–Kier alpha value is -3.30. The van der Waals surface area contributed by atoms with E-state index in [2.05, 4.69) is 20.4 Å². The SMILES string of the molecule is N/N=C(\C(=O)Nc1ccc(Cl)cc1Cl)[C@H](c1cnc2ccccc2n1)[N+](=O)[O-]. The van der Waals surface area contributed by atoms with E-state index in [9.17, 15) is 14.9 Å². The molecule has 3 rings (SSSR count). The van der Waals surface area contributed by atoms with Gasteiger partial charge in [0.1, 0.15) is 5.69 Å². The number of anilines is 1. The minimum Gasteiger partial charge on any atom is -0.323 e. The lowest BCUT2D eigenvalue weighted by Crippen LogP contribution is -2.34. The normalized spacial score (nSPS) is 12.6. The molecule has 0 aliphatic rings. The first-order valence-corrected chi connectivity index (χ1v) is 8.55. The van der Waals surface area contributed by atoms with Crippen LogP contribution >= 0.6 is 23.2 Å². The Kier molecular flexibility index (Phi) is 5.67. The average molecular weight is 419 g/mol. The molecule has 28 heavy (non-hydrogen) atoms. The van der Waals surface area contributed by atoms with Crippen molar-refractivity contribution in [3.63, 3.8) is 0 Å². The van der Waals surface area contributed by atoms with Gasteiger partial charge in [0.25, 0.3) is 5.91 Å². The van der Waals surface area contributed by atoms with Crippen molar-refractivity contribution in [1.82, 2.24) is 9.97 Å². The van der Waals surface area contributed by atoms with Crippen molar-refractivity contribution < 1.29 is 9.72 Å². The molecule has 9 nitrogen and oxygen atoms in total. The van der Waals surface area contributed by atoms with Gasteiger partial charge in [-0.2, -0.15) is 5.10 Å². The zero-order chi connectivity index (χ0) is 20.3. The minimum absolute atomic E-state index is 0.0785. The maximum Gasteiger partial charge on any atom is 0.304 e. The Bertz CT molecular complexity index is 1110. The van der Waals surface area contributed by atoms with E-state index in [-0.39, 0.29) is 16.4 Å². The van der Waals surface area contributed by atoms with Crippen LogP contribution in [0.15, 0.2) is 53.8 Å². The molecule has 0 radical (unpaired) electrons. The van der Waals surface area contributed by atoms with Crippen molar-refractivity contribution in [1.29, 1.82) is 0 Å². The molecule has 0 spiro atoms. The van der Waals surface area contributed by atoms with Gasteiger partial charge in [-0.3, -0.25) is 19.9 Å². The predicted octanol–water partition coefficient (Wildman–Crippen LogP) is 3.21. The molecular formula is C17H12Cl2N6O3. The van der Waals surface area contributed by atoms with Crippen molar-refractivity contribution in [3.8, 4) is 0 Å². The first-order valence-electron chi connectivity index (χ1n) is 7.80. The number of hydrogen-bond donors (Lipinski definition) is 2. The molecule has 1 heterocycles. The molecule has 0 unspecified atom stereocenters. The van der Waals surface area contributed by atoms with Gasteiger partial charge in [0.2, 0.25) is 5.71 Å². The van der Waals surface area contributed by atoms with Crippen molar-refractivity contribution in [2.75, 3.05) is 5.32 Å². The molecule has 142 valence electrons. The van der Waals surface area contributed by atoms with Crippen LogP contribution < -0.4 is 11.2 Å². The molecule has 2 aromatic carbocycles. The first kappa shape index (κ1) is 19.5. The number of amides is 1. The third-order valence-electron chi connectivity index (χ3n) is 3.77. The van der Waals surface area contributed by atoms with Crippen LogP contribution in [0.2, 0.25) is 10.0 Å². The second kappa shape index (κ2) is 8.15. The number of para-hydroxylation sites is 2. The van der Waals surface area contributed by atoms with Crippen LogP contribution in [0.5, 0.6) is 0 Å². The number of hydrazone groups is 1. The van der Waals surface area contributed by atoms with E-state index >= 15 is 0 Å². The fourth-order valence-electron chi connectivity index (χ4n) is 2.48. The highest BCUT2D eigenvalue weighted by molar-refractivity contribution is 6.45. The summed E-state index contributed by atoms with van der Waals surface area (Å²) in [6.07, 6.45) is 1.21. The molecule has 11 heteroatoms. The lowest BCUT2D eigenvalue weighted by Gasteiger charge is -2.12. The molecule has 0 aliphatic carbocycles. The summed E-state index contributed by atoms with van der Waals surface area (Å²) in [5.74, 6) is 4.40. The van der Waals surface area contributed by atoms with Crippen molar-refractivity contribution in [2.45, 2.75) is 6.04 Å². The van der Waals surface area contributed by atoms with E-state index in [0.717, 1.165) is 0 Å². The lowest BCUT2D eigenvalue weighted by atomic mass is 10.1. The van der Waals surface area contributed by atoms with E-state index in [1.54, 1.807) is 24.3 Å².